The van der Waals surface area contributed by atoms with Crippen LogP contribution in [-0.2, 0) is 21.7 Å². The van der Waals surface area contributed by atoms with Crippen LogP contribution in [0.25, 0.3) is 111 Å². The van der Waals surface area contributed by atoms with Gasteiger partial charge in [-0.05, 0) is 229 Å². The van der Waals surface area contributed by atoms with Crippen LogP contribution in [0.2, 0.25) is 0 Å². The van der Waals surface area contributed by atoms with Crippen molar-refractivity contribution in [2.75, 3.05) is 0 Å². The SMILES string of the molecule is CCCCCCCCCC1(CCCCCCCCC)c2cc3c(cc2-c2cc4c(cc21)-c1cc2c(cc1C4(CCCCCCCC)CCCCCCCC)-c1c(cc(-c4ccc(-c5ccccc5)cc4)c4ccccc14)C2(C)C)C(C)(C)c1cc(-c2ccc(-c4ccccc4)cc2)c2ccccc2c1-3. The highest BCUT2D eigenvalue weighted by atomic mass is 14.5. The molecule has 0 N–H and O–H groups in total. The Bertz CT molecular complexity index is 4780. The Hall–Kier alpha value is -8.06. The number of hydrogen-bond acceptors (Lipinski definition) is 0. The first-order valence-electron chi connectivity index (χ1n) is 42.0. The predicted octanol–water partition coefficient (Wildman–Crippen LogP) is 31.6. The van der Waals surface area contributed by atoms with Crippen molar-refractivity contribution in [3.05, 3.63) is 251 Å². The van der Waals surface area contributed by atoms with Crippen molar-refractivity contribution in [3.63, 3.8) is 0 Å². The molecular weight excluding hydrogens is 1250 g/mol. The third-order valence-corrected chi connectivity index (χ3v) is 26.4. The van der Waals surface area contributed by atoms with Gasteiger partial charge in [-0.1, -0.05) is 380 Å². The van der Waals surface area contributed by atoms with Crippen LogP contribution in [0.4, 0.5) is 0 Å². The van der Waals surface area contributed by atoms with Gasteiger partial charge in [-0.25, -0.2) is 0 Å². The average molecular weight is 1370 g/mol. The summed E-state index contributed by atoms with van der Waals surface area (Å²) in [6.45, 7) is 19.8. The van der Waals surface area contributed by atoms with Gasteiger partial charge in [-0.15, -0.1) is 0 Å². The van der Waals surface area contributed by atoms with Gasteiger partial charge in [0, 0.05) is 21.7 Å². The van der Waals surface area contributed by atoms with Crippen molar-refractivity contribution < 1.29 is 0 Å². The third kappa shape index (κ3) is 13.2. The molecule has 0 aliphatic heterocycles. The highest BCUT2D eigenvalue weighted by molar-refractivity contribution is 6.12. The summed E-state index contributed by atoms with van der Waals surface area (Å²) < 4.78 is 0. The Morgan fingerprint density at radius 3 is 0.731 bits per heavy atom. The Balaban J connectivity index is 0.930. The lowest BCUT2D eigenvalue weighted by atomic mass is 9.68. The molecule has 0 aromatic heterocycles. The van der Waals surface area contributed by atoms with E-state index in [1.54, 1.807) is 44.5 Å². The molecule has 11 aromatic rings. The fraction of sp³-hybridized carbons (Fsp3) is 0.404. The Kier molecular flexibility index (Phi) is 21.4. The van der Waals surface area contributed by atoms with Gasteiger partial charge in [-0.3, -0.25) is 0 Å². The highest BCUT2D eigenvalue weighted by Gasteiger charge is 2.51. The second-order valence-corrected chi connectivity index (χ2v) is 33.7. The molecule has 0 atom stereocenters. The average Bonchev–Trinajstić information content (AvgIpc) is 1.51. The molecule has 104 heavy (non-hydrogen) atoms. The van der Waals surface area contributed by atoms with E-state index in [2.05, 4.69) is 262 Å². The zero-order valence-electron chi connectivity index (χ0n) is 64.8. The van der Waals surface area contributed by atoms with Crippen molar-refractivity contribution in [1.82, 2.24) is 0 Å². The molecule has 11 aromatic carbocycles. The molecule has 0 saturated heterocycles. The molecule has 15 rings (SSSR count). The van der Waals surface area contributed by atoms with Gasteiger partial charge >= 0.3 is 0 Å². The first-order valence-corrected chi connectivity index (χ1v) is 42.0. The molecule has 0 fully saturated rings. The van der Waals surface area contributed by atoms with Gasteiger partial charge in [0.2, 0.25) is 0 Å². The quantitative estimate of drug-likeness (QED) is 0.0353. The molecule has 0 radical (unpaired) electrons. The lowest BCUT2D eigenvalue weighted by molar-refractivity contribution is 0.394. The third-order valence-electron chi connectivity index (χ3n) is 26.4. The molecule has 0 saturated carbocycles. The summed E-state index contributed by atoms with van der Waals surface area (Å²) in [4.78, 5) is 0. The molecule has 0 heteroatoms. The molecule has 0 unspecified atom stereocenters. The maximum atomic E-state index is 2.94. The van der Waals surface area contributed by atoms with Crippen LogP contribution in [0, 0.1) is 0 Å². The first kappa shape index (κ1) is 71.5. The second kappa shape index (κ2) is 31.2. The molecule has 0 heterocycles. The second-order valence-electron chi connectivity index (χ2n) is 33.7. The number of rotatable bonds is 34. The van der Waals surface area contributed by atoms with E-state index in [1.807, 2.05) is 0 Å². The van der Waals surface area contributed by atoms with Crippen molar-refractivity contribution in [1.29, 1.82) is 0 Å². The van der Waals surface area contributed by atoms with E-state index in [9.17, 15) is 0 Å². The zero-order chi connectivity index (χ0) is 71.4. The van der Waals surface area contributed by atoms with Crippen LogP contribution in [0.5, 0.6) is 0 Å². The number of benzene rings is 11. The van der Waals surface area contributed by atoms with Gasteiger partial charge < -0.3 is 0 Å². The van der Waals surface area contributed by atoms with E-state index in [0.29, 0.717) is 0 Å². The molecule has 4 aliphatic carbocycles. The fourth-order valence-corrected chi connectivity index (χ4v) is 20.6. The van der Waals surface area contributed by atoms with E-state index >= 15 is 0 Å². The van der Waals surface area contributed by atoms with Gasteiger partial charge in [0.1, 0.15) is 0 Å². The Labute approximate surface area is 627 Å². The lowest BCUT2D eigenvalue weighted by Gasteiger charge is -2.35. The van der Waals surface area contributed by atoms with E-state index < -0.39 is 0 Å². The highest BCUT2D eigenvalue weighted by Crippen LogP contribution is 2.66. The minimum Gasteiger partial charge on any atom is -0.0654 e. The molecule has 534 valence electrons. The van der Waals surface area contributed by atoms with Gasteiger partial charge in [0.15, 0.2) is 0 Å². The van der Waals surface area contributed by atoms with Crippen molar-refractivity contribution >= 4 is 21.5 Å². The van der Waals surface area contributed by atoms with Crippen molar-refractivity contribution in [3.8, 4) is 89.0 Å². The first-order chi connectivity index (χ1) is 50.9. The van der Waals surface area contributed by atoms with Crippen LogP contribution in [0.15, 0.2) is 206 Å². The summed E-state index contributed by atoms with van der Waals surface area (Å²) in [7, 11) is 0. The minimum absolute atomic E-state index is 0.114. The zero-order valence-corrected chi connectivity index (χ0v) is 64.8. The molecule has 4 aliphatic rings. The summed E-state index contributed by atoms with van der Waals surface area (Å²) in [5.41, 5.74) is 34.3. The van der Waals surface area contributed by atoms with E-state index in [-0.39, 0.29) is 21.7 Å². The number of unbranched alkanes of at least 4 members (excludes halogenated alkanes) is 22. The molecule has 0 spiro atoms. The topological polar surface area (TPSA) is 0 Å². The van der Waals surface area contributed by atoms with Gasteiger partial charge in [0.25, 0.3) is 0 Å². The van der Waals surface area contributed by atoms with Crippen LogP contribution in [0.3, 0.4) is 0 Å². The molecule has 0 amide bonds. The fourth-order valence-electron chi connectivity index (χ4n) is 20.6. The molecule has 0 bridgehead atoms. The smallest absolute Gasteiger partial charge is 0.0215 e. The standard InChI is InChI=1S/C104H118/c1-9-13-17-21-25-29-43-63-104(64-44-30-26-22-18-14-10-2)94-70-87-85-67-91-89(99-81-51-39-37-49-79(81)83(65-97(99)101(91,5)6)77-57-53-75(54-58-77)73-45-33-31-34-46-73)71-95(85)103(61-41-27-23-19-15-11-3,62-42-28-24-20-16-12-4)93(87)69-88(94)86-68-92-90(72-96(86)104)100-82-52-40-38-50-80(82)84(66-98(100)102(92,7)8)78-59-55-76(56-60-78)74-47-35-32-36-48-74/h31-40,45-60,65-72H,9-30,41-44,61-64H2,1-8H3. The van der Waals surface area contributed by atoms with Crippen molar-refractivity contribution in [2.24, 2.45) is 0 Å². The van der Waals surface area contributed by atoms with Crippen LogP contribution in [-0.4, -0.2) is 0 Å². The van der Waals surface area contributed by atoms with Crippen LogP contribution < -0.4 is 0 Å². The summed E-state index contributed by atoms with van der Waals surface area (Å²) in [5, 5.41) is 5.49. The lowest BCUT2D eigenvalue weighted by Crippen LogP contribution is -2.27. The molecule has 0 nitrogen and oxygen atoms in total. The molecular formula is C104H118. The Morgan fingerprint density at radius 1 is 0.192 bits per heavy atom. The maximum Gasteiger partial charge on any atom is 0.0215 e. The van der Waals surface area contributed by atoms with E-state index in [4.69, 9.17) is 0 Å². The summed E-state index contributed by atoms with van der Waals surface area (Å²) in [6.07, 6.45) is 39.0. The van der Waals surface area contributed by atoms with Crippen molar-refractivity contribution in [2.45, 2.75) is 270 Å². The number of hydrogen-bond donors (Lipinski definition) is 0. The monoisotopic (exact) mass is 1370 g/mol. The number of fused-ring (bicyclic) bond motifs is 16. The maximum absolute atomic E-state index is 2.94. The summed E-state index contributed by atoms with van der Waals surface area (Å²) in [5.74, 6) is 0. The van der Waals surface area contributed by atoms with E-state index in [0.717, 1.165) is 0 Å². The van der Waals surface area contributed by atoms with E-state index in [1.165, 1.54) is 303 Å². The summed E-state index contributed by atoms with van der Waals surface area (Å²) in [6, 6.07) is 82.1. The van der Waals surface area contributed by atoms with Gasteiger partial charge in [-0.2, -0.15) is 0 Å². The normalized spacial score (nSPS) is 14.8. The minimum atomic E-state index is -0.224. The summed E-state index contributed by atoms with van der Waals surface area (Å²) >= 11 is 0. The van der Waals surface area contributed by atoms with Gasteiger partial charge in [0.05, 0.1) is 0 Å². The van der Waals surface area contributed by atoms with Crippen LogP contribution >= 0.6 is 0 Å². The predicted molar refractivity (Wildman–Crippen MR) is 452 cm³/mol. The largest absolute Gasteiger partial charge is 0.0654 e. The van der Waals surface area contributed by atoms with Crippen LogP contribution in [0.1, 0.15) is 293 Å². The Morgan fingerprint density at radius 2 is 0.423 bits per heavy atom.